The summed E-state index contributed by atoms with van der Waals surface area (Å²) in [7, 11) is 1.64. The number of likely N-dealkylation sites (tertiary alicyclic amines) is 1. The van der Waals surface area contributed by atoms with E-state index in [0.29, 0.717) is 18.6 Å². The predicted molar refractivity (Wildman–Crippen MR) is 97.1 cm³/mol. The summed E-state index contributed by atoms with van der Waals surface area (Å²) < 4.78 is 5.29. The Morgan fingerprint density at radius 3 is 2.78 bits per heavy atom. The number of rotatable bonds is 4. The van der Waals surface area contributed by atoms with Crippen LogP contribution in [-0.4, -0.2) is 49.6 Å². The van der Waals surface area contributed by atoms with Gasteiger partial charge >= 0.3 is 0 Å². The molecule has 1 aromatic rings. The van der Waals surface area contributed by atoms with Crippen LogP contribution in [0.15, 0.2) is 24.3 Å². The van der Waals surface area contributed by atoms with Crippen molar-refractivity contribution < 1.29 is 9.53 Å². The summed E-state index contributed by atoms with van der Waals surface area (Å²) in [6, 6.07) is 8.76. The van der Waals surface area contributed by atoms with Crippen LogP contribution in [0.4, 0.5) is 5.69 Å². The zero-order valence-electron chi connectivity index (χ0n) is 13.3. The summed E-state index contributed by atoms with van der Waals surface area (Å²) in [4.78, 5) is 14.4. The Bertz CT molecular complexity index is 516. The summed E-state index contributed by atoms with van der Waals surface area (Å²) in [5.74, 6) is 0.928. The SMILES string of the molecule is COc1ccccc1NCC(=O)N1CCC2CCC(C1)N2.Cl.Cl. The minimum atomic E-state index is 0. The molecule has 2 atom stereocenters. The van der Waals surface area contributed by atoms with Gasteiger partial charge in [0.1, 0.15) is 5.75 Å². The number of amides is 1. The Kier molecular flexibility index (Phi) is 7.95. The molecule has 7 heteroatoms. The van der Waals surface area contributed by atoms with Gasteiger partial charge in [-0.1, -0.05) is 12.1 Å². The fourth-order valence-corrected chi connectivity index (χ4v) is 3.24. The normalized spacial score (nSPS) is 22.4. The molecule has 1 aromatic carbocycles. The molecular formula is C16H25Cl2N3O2. The number of nitrogens with one attached hydrogen (secondary N) is 2. The summed E-state index contributed by atoms with van der Waals surface area (Å²) in [5.41, 5.74) is 0.864. The molecule has 2 heterocycles. The summed E-state index contributed by atoms with van der Waals surface area (Å²) in [6.45, 7) is 2.02. The number of anilines is 1. The minimum Gasteiger partial charge on any atom is -0.495 e. The average Bonchev–Trinajstić information content (AvgIpc) is 2.84. The second-order valence-electron chi connectivity index (χ2n) is 5.82. The molecule has 2 N–H and O–H groups in total. The second-order valence-corrected chi connectivity index (χ2v) is 5.82. The minimum absolute atomic E-state index is 0. The van der Waals surface area contributed by atoms with Gasteiger partial charge in [-0.3, -0.25) is 4.79 Å². The van der Waals surface area contributed by atoms with E-state index in [9.17, 15) is 4.79 Å². The molecule has 0 radical (unpaired) electrons. The van der Waals surface area contributed by atoms with Crippen LogP contribution in [0.1, 0.15) is 19.3 Å². The molecule has 2 aliphatic heterocycles. The van der Waals surface area contributed by atoms with E-state index in [2.05, 4.69) is 10.6 Å². The molecule has 130 valence electrons. The summed E-state index contributed by atoms with van der Waals surface area (Å²) >= 11 is 0. The monoisotopic (exact) mass is 361 g/mol. The van der Waals surface area contributed by atoms with Gasteiger partial charge in [0.15, 0.2) is 0 Å². The Morgan fingerprint density at radius 1 is 1.26 bits per heavy atom. The number of hydrogen-bond acceptors (Lipinski definition) is 4. The van der Waals surface area contributed by atoms with E-state index < -0.39 is 0 Å². The Hall–Kier alpha value is -1.17. The van der Waals surface area contributed by atoms with Crippen LogP contribution in [0.25, 0.3) is 0 Å². The molecule has 2 unspecified atom stereocenters. The van der Waals surface area contributed by atoms with E-state index in [1.807, 2.05) is 29.2 Å². The number of carbonyl (C=O) groups is 1. The van der Waals surface area contributed by atoms with Crippen molar-refractivity contribution in [1.29, 1.82) is 0 Å². The lowest BCUT2D eigenvalue weighted by Gasteiger charge is -2.24. The molecule has 2 aliphatic rings. The molecule has 2 saturated heterocycles. The number of nitrogens with zero attached hydrogens (tertiary/aromatic N) is 1. The first-order chi connectivity index (χ1) is 10.3. The Morgan fingerprint density at radius 2 is 2.00 bits per heavy atom. The van der Waals surface area contributed by atoms with Crippen molar-refractivity contribution in [3.05, 3.63) is 24.3 Å². The van der Waals surface area contributed by atoms with Crippen LogP contribution < -0.4 is 15.4 Å². The third kappa shape index (κ3) is 4.90. The molecule has 2 fully saturated rings. The first-order valence-electron chi connectivity index (χ1n) is 7.67. The van der Waals surface area contributed by atoms with E-state index in [0.717, 1.165) is 30.9 Å². The fraction of sp³-hybridized carbons (Fsp3) is 0.562. The van der Waals surface area contributed by atoms with Gasteiger partial charge in [-0.2, -0.15) is 0 Å². The number of methoxy groups -OCH3 is 1. The predicted octanol–water partition coefficient (Wildman–Crippen LogP) is 2.30. The van der Waals surface area contributed by atoms with Gasteiger partial charge in [0.2, 0.25) is 5.91 Å². The second kappa shape index (κ2) is 9.21. The zero-order chi connectivity index (χ0) is 14.7. The number of ether oxygens (including phenoxy) is 1. The van der Waals surface area contributed by atoms with Crippen LogP contribution in [-0.2, 0) is 4.79 Å². The lowest BCUT2D eigenvalue weighted by Crippen LogP contribution is -2.41. The molecule has 0 aromatic heterocycles. The third-order valence-electron chi connectivity index (χ3n) is 4.41. The highest BCUT2D eigenvalue weighted by Gasteiger charge is 2.30. The van der Waals surface area contributed by atoms with Gasteiger partial charge in [-0.15, -0.1) is 24.8 Å². The van der Waals surface area contributed by atoms with Crippen LogP contribution in [0, 0.1) is 0 Å². The molecule has 5 nitrogen and oxygen atoms in total. The molecule has 2 bridgehead atoms. The van der Waals surface area contributed by atoms with Crippen molar-refractivity contribution in [3.63, 3.8) is 0 Å². The van der Waals surface area contributed by atoms with Crippen molar-refractivity contribution in [2.75, 3.05) is 32.1 Å². The smallest absolute Gasteiger partial charge is 0.241 e. The summed E-state index contributed by atoms with van der Waals surface area (Å²) in [6.07, 6.45) is 3.51. The molecule has 23 heavy (non-hydrogen) atoms. The lowest BCUT2D eigenvalue weighted by molar-refractivity contribution is -0.129. The molecular weight excluding hydrogens is 337 g/mol. The number of carbonyl (C=O) groups excluding carboxylic acids is 1. The number of para-hydroxylation sites is 2. The van der Waals surface area contributed by atoms with Crippen molar-refractivity contribution in [1.82, 2.24) is 10.2 Å². The molecule has 0 spiro atoms. The lowest BCUT2D eigenvalue weighted by atomic mass is 10.1. The summed E-state index contributed by atoms with van der Waals surface area (Å²) in [5, 5.41) is 6.78. The zero-order valence-corrected chi connectivity index (χ0v) is 14.9. The van der Waals surface area contributed by atoms with E-state index >= 15 is 0 Å². The molecule has 1 amide bonds. The van der Waals surface area contributed by atoms with Crippen LogP contribution in [0.3, 0.4) is 0 Å². The average molecular weight is 362 g/mol. The van der Waals surface area contributed by atoms with Gasteiger partial charge in [-0.05, 0) is 31.4 Å². The Labute approximate surface area is 150 Å². The standard InChI is InChI=1S/C16H23N3O2.2ClH/c1-21-15-5-3-2-4-14(15)17-10-16(20)19-9-8-12-6-7-13(11-19)18-12;;/h2-5,12-13,17-18H,6-11H2,1H3;2*1H. The number of benzene rings is 1. The van der Waals surface area contributed by atoms with Gasteiger partial charge in [0.25, 0.3) is 0 Å². The van der Waals surface area contributed by atoms with E-state index in [1.165, 1.54) is 12.8 Å². The number of hydrogen-bond donors (Lipinski definition) is 2. The quantitative estimate of drug-likeness (QED) is 0.863. The Balaban J connectivity index is 0.00000132. The van der Waals surface area contributed by atoms with Crippen LogP contribution >= 0.6 is 24.8 Å². The van der Waals surface area contributed by atoms with E-state index in [-0.39, 0.29) is 30.7 Å². The van der Waals surface area contributed by atoms with E-state index in [4.69, 9.17) is 4.74 Å². The molecule has 3 rings (SSSR count). The third-order valence-corrected chi connectivity index (χ3v) is 4.41. The van der Waals surface area contributed by atoms with Crippen molar-refractivity contribution in [2.24, 2.45) is 0 Å². The van der Waals surface area contributed by atoms with E-state index in [1.54, 1.807) is 7.11 Å². The van der Waals surface area contributed by atoms with Gasteiger partial charge in [0.05, 0.1) is 19.3 Å². The largest absolute Gasteiger partial charge is 0.495 e. The van der Waals surface area contributed by atoms with Crippen molar-refractivity contribution in [3.8, 4) is 5.75 Å². The van der Waals surface area contributed by atoms with Gasteiger partial charge < -0.3 is 20.3 Å². The van der Waals surface area contributed by atoms with Crippen molar-refractivity contribution >= 4 is 36.4 Å². The van der Waals surface area contributed by atoms with Crippen molar-refractivity contribution in [2.45, 2.75) is 31.3 Å². The fourth-order valence-electron chi connectivity index (χ4n) is 3.24. The molecule has 0 aliphatic carbocycles. The van der Waals surface area contributed by atoms with Gasteiger partial charge in [-0.25, -0.2) is 0 Å². The number of halogens is 2. The maximum absolute atomic E-state index is 12.4. The first-order valence-corrected chi connectivity index (χ1v) is 7.67. The maximum Gasteiger partial charge on any atom is 0.241 e. The molecule has 0 saturated carbocycles. The highest BCUT2D eigenvalue weighted by atomic mass is 35.5. The van der Waals surface area contributed by atoms with Crippen LogP contribution in [0.5, 0.6) is 5.75 Å². The highest BCUT2D eigenvalue weighted by Crippen LogP contribution is 2.23. The van der Waals surface area contributed by atoms with Gasteiger partial charge in [0, 0.05) is 25.2 Å². The topological polar surface area (TPSA) is 53.6 Å². The first kappa shape index (κ1) is 19.9. The maximum atomic E-state index is 12.4. The highest BCUT2D eigenvalue weighted by molar-refractivity contribution is 5.85. The number of fused-ring (bicyclic) bond motifs is 2. The van der Waals surface area contributed by atoms with Crippen LogP contribution in [0.2, 0.25) is 0 Å².